The van der Waals surface area contributed by atoms with E-state index in [0.29, 0.717) is 79.9 Å². The van der Waals surface area contributed by atoms with E-state index in [1.54, 1.807) is 36.1 Å². The maximum Gasteiger partial charge on any atom is 0.269 e. The highest BCUT2D eigenvalue weighted by Crippen LogP contribution is 2.38. The van der Waals surface area contributed by atoms with E-state index >= 15 is 0 Å². The first-order valence-electron chi connectivity index (χ1n) is 22.2. The Bertz CT molecular complexity index is 2570. The van der Waals surface area contributed by atoms with Gasteiger partial charge in [0.1, 0.15) is 6.04 Å². The van der Waals surface area contributed by atoms with Gasteiger partial charge >= 0.3 is 0 Å². The number of hydrogen-bond donors (Lipinski definition) is 5. The third kappa shape index (κ3) is 10.1. The fourth-order valence-corrected chi connectivity index (χ4v) is 8.67. The van der Waals surface area contributed by atoms with Gasteiger partial charge in [0.05, 0.1) is 80.5 Å². The lowest BCUT2D eigenvalue weighted by Gasteiger charge is -2.34. The molecular formula is C45H54N12O10. The zero-order valence-electron chi connectivity index (χ0n) is 37.6. The van der Waals surface area contributed by atoms with Gasteiger partial charge in [-0.25, -0.2) is 9.97 Å². The lowest BCUT2D eigenvalue weighted by molar-refractivity contribution is -0.136. The van der Waals surface area contributed by atoms with E-state index in [1.807, 2.05) is 12.1 Å². The van der Waals surface area contributed by atoms with Crippen molar-refractivity contribution >= 4 is 58.5 Å². The highest BCUT2D eigenvalue weighted by Gasteiger charge is 2.45. The van der Waals surface area contributed by atoms with Crippen molar-refractivity contribution < 1.29 is 47.7 Å². The first-order valence-corrected chi connectivity index (χ1v) is 22.2. The van der Waals surface area contributed by atoms with Crippen LogP contribution in [-0.4, -0.2) is 164 Å². The number of nitrogens with one attached hydrogen (secondary N) is 4. The quantitative estimate of drug-likeness (QED) is 0.0608. The summed E-state index contributed by atoms with van der Waals surface area (Å²) in [6, 6.07) is 7.59. The second kappa shape index (κ2) is 20.7. The molecule has 5 heterocycles. The highest BCUT2D eigenvalue weighted by atomic mass is 16.5. The van der Waals surface area contributed by atoms with Crippen molar-refractivity contribution in [3.8, 4) is 17.1 Å². The third-order valence-corrected chi connectivity index (χ3v) is 12.1. The number of carbonyl (C=O) groups is 6. The SMILES string of the molecule is COc1c(Nc2ncc3c(n2)-c2c(c(C(N)=O)nn2C)CC3)cc(N2CCN(C)CC2)cc1C(=O)NCCOCCOCCOCCNc1cccc2c1C(=O)N(C1CCC(=O)NC1=O)C2=O. The first kappa shape index (κ1) is 46.5. The number of primary amides is 1. The number of carbonyl (C=O) groups excluding carboxylic acids is 6. The van der Waals surface area contributed by atoms with E-state index in [2.05, 4.69) is 48.2 Å². The van der Waals surface area contributed by atoms with Crippen LogP contribution < -0.4 is 36.6 Å². The molecule has 1 aliphatic carbocycles. The van der Waals surface area contributed by atoms with Gasteiger partial charge in [-0.15, -0.1) is 0 Å². The van der Waals surface area contributed by atoms with Gasteiger partial charge in [0.15, 0.2) is 11.4 Å². The number of likely N-dealkylation sites (N-methyl/N-ethyl adjacent to an activating group) is 1. The van der Waals surface area contributed by atoms with Crippen LogP contribution in [0.25, 0.3) is 11.4 Å². The Balaban J connectivity index is 0.787. The predicted octanol–water partition coefficient (Wildman–Crippen LogP) is 0.872. The van der Waals surface area contributed by atoms with Gasteiger partial charge in [0, 0.05) is 75.9 Å². The van der Waals surface area contributed by atoms with Gasteiger partial charge in [0.2, 0.25) is 17.8 Å². The number of aromatic nitrogens is 4. The zero-order valence-corrected chi connectivity index (χ0v) is 37.6. The number of nitrogens with zero attached hydrogens (tertiary/aromatic N) is 7. The van der Waals surface area contributed by atoms with Crippen molar-refractivity contribution in [2.75, 3.05) is 109 Å². The van der Waals surface area contributed by atoms with Crippen LogP contribution in [0.4, 0.5) is 23.0 Å². The lowest BCUT2D eigenvalue weighted by Crippen LogP contribution is -2.54. The molecule has 2 fully saturated rings. The molecule has 0 radical (unpaired) electrons. The van der Waals surface area contributed by atoms with Crippen LogP contribution in [0.5, 0.6) is 5.75 Å². The Morgan fingerprint density at radius 1 is 0.881 bits per heavy atom. The molecule has 2 saturated heterocycles. The molecule has 6 amide bonds. The number of piperidine rings is 1. The van der Waals surface area contributed by atoms with Gasteiger partial charge in [0.25, 0.3) is 23.6 Å². The summed E-state index contributed by atoms with van der Waals surface area (Å²) in [5.41, 5.74) is 11.4. The van der Waals surface area contributed by atoms with Crippen molar-refractivity contribution in [3.63, 3.8) is 0 Å². The van der Waals surface area contributed by atoms with Crippen LogP contribution in [0.1, 0.15) is 65.5 Å². The molecule has 6 N–H and O–H groups in total. The van der Waals surface area contributed by atoms with Crippen LogP contribution >= 0.6 is 0 Å². The molecule has 67 heavy (non-hydrogen) atoms. The summed E-state index contributed by atoms with van der Waals surface area (Å²) in [5, 5.41) is 16.0. The summed E-state index contributed by atoms with van der Waals surface area (Å²) < 4.78 is 24.5. The smallest absolute Gasteiger partial charge is 0.269 e. The Morgan fingerprint density at radius 2 is 1.61 bits per heavy atom. The number of fused-ring (bicyclic) bond motifs is 4. The van der Waals surface area contributed by atoms with Crippen LogP contribution in [0.3, 0.4) is 0 Å². The molecule has 354 valence electrons. The summed E-state index contributed by atoms with van der Waals surface area (Å²) in [4.78, 5) is 91.2. The third-order valence-electron chi connectivity index (χ3n) is 12.1. The normalized spacial score (nSPS) is 16.9. The Kier molecular flexibility index (Phi) is 14.3. The molecule has 2 aromatic carbocycles. The molecule has 1 atom stereocenters. The number of nitrogens with two attached hydrogens (primary N) is 1. The van der Waals surface area contributed by atoms with E-state index in [1.165, 1.54) is 7.11 Å². The number of benzene rings is 2. The van der Waals surface area contributed by atoms with Crippen LogP contribution in [0.15, 0.2) is 36.5 Å². The van der Waals surface area contributed by atoms with Crippen LogP contribution in [0, 0.1) is 0 Å². The Labute approximate surface area is 385 Å². The Hall–Kier alpha value is -7.01. The van der Waals surface area contributed by atoms with Gasteiger partial charge < -0.3 is 50.4 Å². The van der Waals surface area contributed by atoms with E-state index in [4.69, 9.17) is 29.7 Å². The summed E-state index contributed by atoms with van der Waals surface area (Å²) in [5.74, 6) is -2.59. The first-order chi connectivity index (χ1) is 32.4. The summed E-state index contributed by atoms with van der Waals surface area (Å²) in [7, 11) is 5.33. The van der Waals surface area contributed by atoms with Crippen molar-refractivity contribution in [3.05, 3.63) is 70.0 Å². The van der Waals surface area contributed by atoms with E-state index in [-0.39, 0.29) is 61.3 Å². The average molecular weight is 923 g/mol. The number of amides is 6. The highest BCUT2D eigenvalue weighted by molar-refractivity contribution is 6.25. The topological polar surface area (TPSA) is 267 Å². The largest absolute Gasteiger partial charge is 0.494 e. The van der Waals surface area contributed by atoms with Gasteiger partial charge in [-0.3, -0.25) is 43.7 Å². The molecule has 0 saturated carbocycles. The molecule has 0 spiro atoms. The van der Waals surface area contributed by atoms with Crippen molar-refractivity contribution in [1.29, 1.82) is 0 Å². The summed E-state index contributed by atoms with van der Waals surface area (Å²) >= 11 is 0. The van der Waals surface area contributed by atoms with Crippen molar-refractivity contribution in [1.82, 2.24) is 40.2 Å². The summed E-state index contributed by atoms with van der Waals surface area (Å²) in [6.07, 6.45) is 3.10. The minimum Gasteiger partial charge on any atom is -0.494 e. The fourth-order valence-electron chi connectivity index (χ4n) is 8.67. The van der Waals surface area contributed by atoms with E-state index in [9.17, 15) is 28.8 Å². The molecule has 4 aromatic rings. The fraction of sp³-hybridized carbons (Fsp3) is 0.444. The Morgan fingerprint density at radius 3 is 2.33 bits per heavy atom. The number of piperazine rings is 1. The van der Waals surface area contributed by atoms with Crippen molar-refractivity contribution in [2.24, 2.45) is 12.8 Å². The number of methoxy groups -OCH3 is 1. The number of imide groups is 2. The predicted molar refractivity (Wildman–Crippen MR) is 243 cm³/mol. The molecule has 0 bridgehead atoms. The second-order valence-electron chi connectivity index (χ2n) is 16.4. The minimum atomic E-state index is -1.04. The number of rotatable bonds is 20. The second-order valence-corrected chi connectivity index (χ2v) is 16.4. The number of anilines is 4. The molecule has 8 rings (SSSR count). The van der Waals surface area contributed by atoms with Crippen LogP contribution in [0.2, 0.25) is 0 Å². The zero-order chi connectivity index (χ0) is 47.2. The molecule has 22 heteroatoms. The maximum absolute atomic E-state index is 13.8. The van der Waals surface area contributed by atoms with E-state index < -0.39 is 35.6 Å². The van der Waals surface area contributed by atoms with Gasteiger partial charge in [-0.05, 0) is 56.1 Å². The number of aryl methyl sites for hydroxylation is 2. The monoisotopic (exact) mass is 922 g/mol. The lowest BCUT2D eigenvalue weighted by atomic mass is 9.93. The van der Waals surface area contributed by atoms with Gasteiger partial charge in [-0.1, -0.05) is 6.07 Å². The maximum atomic E-state index is 13.8. The minimum absolute atomic E-state index is 0.0451. The molecule has 3 aliphatic heterocycles. The molecule has 1 unspecified atom stereocenters. The van der Waals surface area contributed by atoms with Crippen molar-refractivity contribution in [2.45, 2.75) is 31.7 Å². The average Bonchev–Trinajstić information content (AvgIpc) is 3.80. The number of ether oxygens (including phenoxy) is 4. The molecular weight excluding hydrogens is 869 g/mol. The standard InChI is InChI=1S/C45H54N12O10/c1-54-13-15-56(16-14-54)27-23-30(39(64-3)32(24-27)50-45-49-25-26-7-8-29-37(40(46)59)53-55(2)38(29)36(26)52-45)41(60)48-12-18-66-20-22-67-21-19-65-17-11-47-31-6-4-5-28-35(31)44(63)57(43(28)62)33-9-10-34(58)51-42(33)61/h4-6,23-25,33,47H,7-22H2,1-3H3,(H2,46,59)(H,48,60)(H,49,50,52)(H,51,58,61). The molecule has 4 aliphatic rings. The molecule has 22 nitrogen and oxygen atoms in total. The number of hydrogen-bond acceptors (Lipinski definition) is 17. The van der Waals surface area contributed by atoms with Crippen LogP contribution in [-0.2, 0) is 43.7 Å². The molecule has 2 aromatic heterocycles. The van der Waals surface area contributed by atoms with Gasteiger partial charge in [-0.2, -0.15) is 5.10 Å². The van der Waals surface area contributed by atoms with E-state index in [0.717, 1.165) is 47.9 Å². The summed E-state index contributed by atoms with van der Waals surface area (Å²) in [6.45, 7) is 5.56.